The Labute approximate surface area is 140 Å². The number of amides is 1. The summed E-state index contributed by atoms with van der Waals surface area (Å²) < 4.78 is 0. The standard InChI is InChI=1S/C19H16ClNO2/c20-15-7-9-16(10-8-15)21-19(23)17-11-6-14(18(17)22)12-13-4-2-1-3-5-13/h1-5,7-10,12,17H,6,11H2,(H,21,23)/b14-12-. The lowest BCUT2D eigenvalue weighted by atomic mass is 10.0. The molecule has 0 aromatic heterocycles. The van der Waals surface area contributed by atoms with Crippen molar-refractivity contribution in [2.75, 3.05) is 5.32 Å². The lowest BCUT2D eigenvalue weighted by molar-refractivity contribution is -0.127. The van der Waals surface area contributed by atoms with Gasteiger partial charge in [-0.15, -0.1) is 0 Å². The van der Waals surface area contributed by atoms with Gasteiger partial charge in [0.1, 0.15) is 5.92 Å². The zero-order valence-corrected chi connectivity index (χ0v) is 13.2. The van der Waals surface area contributed by atoms with Crippen molar-refractivity contribution in [3.8, 4) is 0 Å². The number of hydrogen-bond donors (Lipinski definition) is 1. The molecule has 1 unspecified atom stereocenters. The third-order valence-corrected chi connectivity index (χ3v) is 4.16. The largest absolute Gasteiger partial charge is 0.325 e. The van der Waals surface area contributed by atoms with Crippen molar-refractivity contribution in [3.05, 3.63) is 70.8 Å². The maximum absolute atomic E-state index is 12.4. The maximum Gasteiger partial charge on any atom is 0.235 e. The van der Waals surface area contributed by atoms with E-state index in [2.05, 4.69) is 5.32 Å². The number of allylic oxidation sites excluding steroid dienone is 1. The molecule has 2 aromatic carbocycles. The number of benzene rings is 2. The van der Waals surface area contributed by atoms with E-state index in [0.717, 1.165) is 5.56 Å². The first kappa shape index (κ1) is 15.5. The van der Waals surface area contributed by atoms with Crippen LogP contribution >= 0.6 is 11.6 Å². The molecule has 2 aromatic rings. The smallest absolute Gasteiger partial charge is 0.235 e. The van der Waals surface area contributed by atoms with Gasteiger partial charge < -0.3 is 5.32 Å². The molecule has 1 amide bonds. The lowest BCUT2D eigenvalue weighted by Gasteiger charge is -2.09. The number of ketones is 1. The van der Waals surface area contributed by atoms with Crippen LogP contribution in [0.4, 0.5) is 5.69 Å². The molecule has 0 heterocycles. The van der Waals surface area contributed by atoms with E-state index in [1.54, 1.807) is 24.3 Å². The molecule has 4 heteroatoms. The third kappa shape index (κ3) is 3.69. The van der Waals surface area contributed by atoms with Gasteiger partial charge in [-0.05, 0) is 54.3 Å². The molecule has 1 aliphatic carbocycles. The summed E-state index contributed by atoms with van der Waals surface area (Å²) in [6.45, 7) is 0. The minimum atomic E-state index is -0.611. The molecular weight excluding hydrogens is 310 g/mol. The third-order valence-electron chi connectivity index (χ3n) is 3.90. The Hall–Kier alpha value is -2.39. The summed E-state index contributed by atoms with van der Waals surface area (Å²) in [4.78, 5) is 24.8. The Morgan fingerprint density at radius 1 is 1.09 bits per heavy atom. The number of nitrogens with one attached hydrogen (secondary N) is 1. The number of Topliss-reactive ketones (excluding diaryl/α,β-unsaturated/α-hetero) is 1. The highest BCUT2D eigenvalue weighted by molar-refractivity contribution is 6.30. The van der Waals surface area contributed by atoms with Gasteiger partial charge in [0, 0.05) is 10.7 Å². The Kier molecular flexibility index (Phi) is 4.58. The molecule has 23 heavy (non-hydrogen) atoms. The molecule has 0 spiro atoms. The summed E-state index contributed by atoms with van der Waals surface area (Å²) in [5.41, 5.74) is 2.34. The predicted molar refractivity (Wildman–Crippen MR) is 92.2 cm³/mol. The average molecular weight is 326 g/mol. The lowest BCUT2D eigenvalue weighted by Crippen LogP contribution is -2.26. The van der Waals surface area contributed by atoms with E-state index < -0.39 is 5.92 Å². The summed E-state index contributed by atoms with van der Waals surface area (Å²) in [5.74, 6) is -0.949. The van der Waals surface area contributed by atoms with Crippen molar-refractivity contribution >= 4 is 35.1 Å². The number of carbonyl (C=O) groups is 2. The number of carbonyl (C=O) groups excluding carboxylic acids is 2. The normalized spacial score (nSPS) is 19.1. The van der Waals surface area contributed by atoms with E-state index in [9.17, 15) is 9.59 Å². The summed E-state index contributed by atoms with van der Waals surface area (Å²) in [6.07, 6.45) is 3.06. The highest BCUT2D eigenvalue weighted by Crippen LogP contribution is 2.29. The molecule has 0 aliphatic heterocycles. The van der Waals surface area contributed by atoms with E-state index in [-0.39, 0.29) is 11.7 Å². The van der Waals surface area contributed by atoms with Crippen LogP contribution in [-0.2, 0) is 9.59 Å². The molecule has 1 fully saturated rings. The highest BCUT2D eigenvalue weighted by Gasteiger charge is 2.34. The van der Waals surface area contributed by atoms with E-state index in [0.29, 0.717) is 29.1 Å². The molecule has 1 atom stereocenters. The van der Waals surface area contributed by atoms with E-state index >= 15 is 0 Å². The Morgan fingerprint density at radius 3 is 2.48 bits per heavy atom. The van der Waals surface area contributed by atoms with Crippen LogP contribution in [0.15, 0.2) is 60.2 Å². The van der Waals surface area contributed by atoms with Crippen molar-refractivity contribution in [1.29, 1.82) is 0 Å². The van der Waals surface area contributed by atoms with Gasteiger partial charge in [-0.1, -0.05) is 41.9 Å². The Balaban J connectivity index is 1.70. The second kappa shape index (κ2) is 6.80. The van der Waals surface area contributed by atoms with Crippen LogP contribution in [0.1, 0.15) is 18.4 Å². The van der Waals surface area contributed by atoms with Crippen molar-refractivity contribution < 1.29 is 9.59 Å². The van der Waals surface area contributed by atoms with Crippen LogP contribution in [0, 0.1) is 5.92 Å². The zero-order chi connectivity index (χ0) is 16.2. The summed E-state index contributed by atoms with van der Waals surface area (Å²) in [6, 6.07) is 16.5. The van der Waals surface area contributed by atoms with Gasteiger partial charge >= 0.3 is 0 Å². The quantitative estimate of drug-likeness (QED) is 0.674. The fraction of sp³-hybridized carbons (Fsp3) is 0.158. The minimum Gasteiger partial charge on any atom is -0.325 e. The van der Waals surface area contributed by atoms with Crippen molar-refractivity contribution in [3.63, 3.8) is 0 Å². The predicted octanol–water partition coefficient (Wildman–Crippen LogP) is 4.34. The molecule has 0 bridgehead atoms. The molecule has 1 saturated carbocycles. The summed E-state index contributed by atoms with van der Waals surface area (Å²) >= 11 is 5.82. The van der Waals surface area contributed by atoms with Crippen LogP contribution < -0.4 is 5.32 Å². The minimum absolute atomic E-state index is 0.0830. The molecule has 116 valence electrons. The van der Waals surface area contributed by atoms with Gasteiger partial charge in [0.25, 0.3) is 0 Å². The van der Waals surface area contributed by atoms with Gasteiger partial charge in [0.05, 0.1) is 0 Å². The van der Waals surface area contributed by atoms with E-state index in [1.165, 1.54) is 0 Å². The molecule has 1 aliphatic rings. The van der Waals surface area contributed by atoms with Gasteiger partial charge in [-0.3, -0.25) is 9.59 Å². The highest BCUT2D eigenvalue weighted by atomic mass is 35.5. The second-order valence-corrected chi connectivity index (χ2v) is 5.97. The topological polar surface area (TPSA) is 46.2 Å². The second-order valence-electron chi connectivity index (χ2n) is 5.53. The molecule has 0 saturated heterocycles. The first-order chi connectivity index (χ1) is 11.1. The van der Waals surface area contributed by atoms with Crippen molar-refractivity contribution in [2.45, 2.75) is 12.8 Å². The van der Waals surface area contributed by atoms with Crippen LogP contribution in [0.3, 0.4) is 0 Å². The monoisotopic (exact) mass is 325 g/mol. The zero-order valence-electron chi connectivity index (χ0n) is 12.5. The van der Waals surface area contributed by atoms with Crippen LogP contribution in [0.25, 0.3) is 6.08 Å². The van der Waals surface area contributed by atoms with Gasteiger partial charge in [-0.2, -0.15) is 0 Å². The first-order valence-corrected chi connectivity index (χ1v) is 7.87. The number of anilines is 1. The Bertz CT molecular complexity index is 751. The summed E-state index contributed by atoms with van der Waals surface area (Å²) in [5, 5.41) is 3.38. The van der Waals surface area contributed by atoms with Crippen LogP contribution in [0.5, 0.6) is 0 Å². The molecule has 3 nitrogen and oxygen atoms in total. The fourth-order valence-corrected chi connectivity index (χ4v) is 2.81. The number of rotatable bonds is 3. The van der Waals surface area contributed by atoms with Gasteiger partial charge in [-0.25, -0.2) is 0 Å². The summed E-state index contributed by atoms with van der Waals surface area (Å²) in [7, 11) is 0. The average Bonchev–Trinajstić information content (AvgIpc) is 2.92. The van der Waals surface area contributed by atoms with Crippen LogP contribution in [0.2, 0.25) is 5.02 Å². The van der Waals surface area contributed by atoms with E-state index in [4.69, 9.17) is 11.6 Å². The first-order valence-electron chi connectivity index (χ1n) is 7.50. The van der Waals surface area contributed by atoms with E-state index in [1.807, 2.05) is 36.4 Å². The van der Waals surface area contributed by atoms with Crippen molar-refractivity contribution in [2.24, 2.45) is 5.92 Å². The van der Waals surface area contributed by atoms with Gasteiger partial charge in [0.15, 0.2) is 5.78 Å². The number of hydrogen-bond acceptors (Lipinski definition) is 2. The maximum atomic E-state index is 12.4. The SMILES string of the molecule is O=C(Nc1ccc(Cl)cc1)C1CC/C(=C/c2ccccc2)C1=O. The van der Waals surface area contributed by atoms with Crippen molar-refractivity contribution in [1.82, 2.24) is 0 Å². The van der Waals surface area contributed by atoms with Gasteiger partial charge in [0.2, 0.25) is 5.91 Å². The molecule has 1 N–H and O–H groups in total. The molecular formula is C19H16ClNO2. The fourth-order valence-electron chi connectivity index (χ4n) is 2.68. The molecule has 3 rings (SSSR count). The Morgan fingerprint density at radius 2 is 1.78 bits per heavy atom. The van der Waals surface area contributed by atoms with Crippen LogP contribution in [-0.4, -0.2) is 11.7 Å². The number of halogens is 1. The molecule has 0 radical (unpaired) electrons.